The van der Waals surface area contributed by atoms with Crippen LogP contribution in [0.5, 0.6) is 0 Å². The Morgan fingerprint density at radius 1 is 1.08 bits per heavy atom. The van der Waals surface area contributed by atoms with E-state index in [0.29, 0.717) is 11.8 Å². The van der Waals surface area contributed by atoms with Crippen LogP contribution in [0.2, 0.25) is 0 Å². The summed E-state index contributed by atoms with van der Waals surface area (Å²) in [5.74, 6) is -4.15. The maximum Gasteiger partial charge on any atom is 0.317 e. The van der Waals surface area contributed by atoms with Crippen LogP contribution < -0.4 is 0 Å². The van der Waals surface area contributed by atoms with Crippen molar-refractivity contribution in [3.05, 3.63) is 0 Å². The van der Waals surface area contributed by atoms with Gasteiger partial charge < -0.3 is 15.3 Å². The van der Waals surface area contributed by atoms with Crippen LogP contribution in [0, 0.1) is 0 Å². The summed E-state index contributed by atoms with van der Waals surface area (Å²) in [6.07, 6.45) is -0.576. The number of carbonyl (C=O) groups is 3. The Labute approximate surface area is 77.6 Å². The Morgan fingerprint density at radius 3 is 1.92 bits per heavy atom. The third-order valence-corrected chi connectivity index (χ3v) is 2.23. The Hall–Kier alpha value is -1.24. The molecule has 0 amide bonds. The average Bonchev–Trinajstić information content (AvgIpc) is 1.96. The molecule has 0 unspecified atom stereocenters. The molecule has 0 saturated carbocycles. The van der Waals surface area contributed by atoms with E-state index in [1.807, 2.05) is 0 Å². The molecule has 3 N–H and O–H groups in total. The van der Waals surface area contributed by atoms with Crippen LogP contribution >= 0.6 is 11.8 Å². The quantitative estimate of drug-likeness (QED) is 0.550. The Bertz CT molecular complexity index is 225. The van der Waals surface area contributed by atoms with Crippen molar-refractivity contribution in [2.75, 3.05) is 5.75 Å². The predicted molar refractivity (Wildman–Crippen MR) is 43.8 cm³/mol. The Kier molecular flexibility index (Phi) is 4.90. The van der Waals surface area contributed by atoms with Crippen molar-refractivity contribution in [3.8, 4) is 0 Å². The van der Waals surface area contributed by atoms with Crippen molar-refractivity contribution in [2.24, 2.45) is 0 Å². The van der Waals surface area contributed by atoms with Crippen molar-refractivity contribution in [1.29, 1.82) is 0 Å². The molecular formula is C6H8O6S. The molecule has 0 heterocycles. The number of hydrogen-bond acceptors (Lipinski definition) is 4. The van der Waals surface area contributed by atoms with Gasteiger partial charge in [-0.2, -0.15) is 0 Å². The number of carboxylic acid groups (broad SMARTS) is 3. The number of thioether (sulfide) groups is 1. The molecule has 0 aromatic carbocycles. The molecular weight excluding hydrogens is 200 g/mol. The van der Waals surface area contributed by atoms with Crippen molar-refractivity contribution in [1.82, 2.24) is 0 Å². The second-order valence-electron chi connectivity index (χ2n) is 2.13. The van der Waals surface area contributed by atoms with E-state index in [2.05, 4.69) is 0 Å². The third kappa shape index (κ3) is 5.97. The maximum absolute atomic E-state index is 10.4. The molecule has 0 aliphatic rings. The molecule has 13 heavy (non-hydrogen) atoms. The van der Waals surface area contributed by atoms with Gasteiger partial charge in [-0.05, 0) is 0 Å². The molecule has 1 atom stereocenters. The lowest BCUT2D eigenvalue weighted by atomic mass is 10.3. The predicted octanol–water partition coefficient (Wildman–Crippen LogP) is -0.268. The number of hydrogen-bond donors (Lipinski definition) is 3. The van der Waals surface area contributed by atoms with Gasteiger partial charge in [-0.15, -0.1) is 11.8 Å². The monoisotopic (exact) mass is 208 g/mol. The van der Waals surface area contributed by atoms with Crippen molar-refractivity contribution >= 4 is 29.7 Å². The van der Waals surface area contributed by atoms with Crippen LogP contribution in [0.15, 0.2) is 0 Å². The first-order chi connectivity index (χ1) is 5.93. The first-order valence-corrected chi connectivity index (χ1v) is 4.26. The van der Waals surface area contributed by atoms with E-state index in [1.165, 1.54) is 0 Å². The van der Waals surface area contributed by atoms with E-state index in [0.717, 1.165) is 0 Å². The molecule has 74 valence electrons. The van der Waals surface area contributed by atoms with Crippen molar-refractivity contribution in [2.45, 2.75) is 11.7 Å². The van der Waals surface area contributed by atoms with E-state index >= 15 is 0 Å². The van der Waals surface area contributed by atoms with Gasteiger partial charge in [0.2, 0.25) is 0 Å². The lowest BCUT2D eigenvalue weighted by Crippen LogP contribution is -2.21. The molecule has 7 heteroatoms. The second kappa shape index (κ2) is 5.41. The Morgan fingerprint density at radius 2 is 1.62 bits per heavy atom. The van der Waals surface area contributed by atoms with E-state index < -0.39 is 35.3 Å². The van der Waals surface area contributed by atoms with Crippen molar-refractivity contribution < 1.29 is 29.7 Å². The van der Waals surface area contributed by atoms with Gasteiger partial charge >= 0.3 is 17.9 Å². The first kappa shape index (κ1) is 11.8. The van der Waals surface area contributed by atoms with Crippen LogP contribution in [0.25, 0.3) is 0 Å². The third-order valence-electron chi connectivity index (χ3n) is 1.04. The minimum Gasteiger partial charge on any atom is -0.481 e. The zero-order valence-corrected chi connectivity index (χ0v) is 7.28. The van der Waals surface area contributed by atoms with Gasteiger partial charge in [-0.3, -0.25) is 14.4 Å². The van der Waals surface area contributed by atoms with E-state index in [1.54, 1.807) is 0 Å². The normalized spacial score (nSPS) is 12.0. The highest BCUT2D eigenvalue weighted by atomic mass is 32.2. The average molecular weight is 208 g/mol. The highest BCUT2D eigenvalue weighted by Gasteiger charge is 2.22. The molecule has 0 saturated heterocycles. The summed E-state index contributed by atoms with van der Waals surface area (Å²) in [7, 11) is 0. The zero-order chi connectivity index (χ0) is 10.4. The van der Waals surface area contributed by atoms with Crippen LogP contribution in [-0.2, 0) is 14.4 Å². The van der Waals surface area contributed by atoms with Gasteiger partial charge in [0.05, 0.1) is 12.2 Å². The topological polar surface area (TPSA) is 112 Å². The fraction of sp³-hybridized carbons (Fsp3) is 0.500. The smallest absolute Gasteiger partial charge is 0.317 e. The lowest BCUT2D eigenvalue weighted by molar-refractivity contribution is -0.143. The lowest BCUT2D eigenvalue weighted by Gasteiger charge is -2.06. The summed E-state index contributed by atoms with van der Waals surface area (Å²) >= 11 is 0.586. The summed E-state index contributed by atoms with van der Waals surface area (Å²) in [5.41, 5.74) is 0. The highest BCUT2D eigenvalue weighted by molar-refractivity contribution is 8.01. The minimum absolute atomic E-state index is 0.412. The fourth-order valence-corrected chi connectivity index (χ4v) is 1.29. The summed E-state index contributed by atoms with van der Waals surface area (Å²) in [5, 5.41) is 23.7. The molecule has 0 aromatic heterocycles. The fourth-order valence-electron chi connectivity index (χ4n) is 0.548. The summed E-state index contributed by atoms with van der Waals surface area (Å²) in [6.45, 7) is 0. The van der Waals surface area contributed by atoms with Crippen molar-refractivity contribution in [3.63, 3.8) is 0 Å². The largest absolute Gasteiger partial charge is 0.481 e. The standard InChI is InChI=1S/C6H8O6S/c7-4(8)1-3(6(11)12)13-2-5(9)10/h3H,1-2H2,(H,7,8)(H,9,10)(H,11,12)/t3-/m0/s1. The van der Waals surface area contributed by atoms with Gasteiger partial charge in [-0.1, -0.05) is 0 Å². The molecule has 0 aliphatic carbocycles. The van der Waals surface area contributed by atoms with E-state index in [4.69, 9.17) is 15.3 Å². The highest BCUT2D eigenvalue weighted by Crippen LogP contribution is 2.14. The van der Waals surface area contributed by atoms with Gasteiger partial charge in [0.1, 0.15) is 5.25 Å². The summed E-state index contributed by atoms with van der Waals surface area (Å²) < 4.78 is 0. The second-order valence-corrected chi connectivity index (χ2v) is 3.32. The molecule has 0 radical (unpaired) electrons. The number of rotatable bonds is 6. The molecule has 0 bridgehead atoms. The van der Waals surface area contributed by atoms with Crippen LogP contribution in [-0.4, -0.2) is 44.2 Å². The van der Waals surface area contributed by atoms with Gasteiger partial charge in [0.15, 0.2) is 0 Å². The van der Waals surface area contributed by atoms with E-state index in [-0.39, 0.29) is 0 Å². The van der Waals surface area contributed by atoms with E-state index in [9.17, 15) is 14.4 Å². The van der Waals surface area contributed by atoms with Gasteiger partial charge in [-0.25, -0.2) is 0 Å². The van der Waals surface area contributed by atoms with Gasteiger partial charge in [0.25, 0.3) is 0 Å². The molecule has 0 spiro atoms. The molecule has 6 nitrogen and oxygen atoms in total. The maximum atomic E-state index is 10.4. The summed E-state index contributed by atoms with van der Waals surface area (Å²) in [4.78, 5) is 30.6. The molecule has 0 rings (SSSR count). The van der Waals surface area contributed by atoms with Crippen LogP contribution in [0.1, 0.15) is 6.42 Å². The minimum atomic E-state index is -1.31. The molecule has 0 aromatic rings. The molecule has 0 fully saturated rings. The zero-order valence-electron chi connectivity index (χ0n) is 6.47. The number of aliphatic carboxylic acids is 3. The number of carboxylic acids is 3. The first-order valence-electron chi connectivity index (χ1n) is 3.21. The SMILES string of the molecule is O=C(O)CS[C@@H](CC(=O)O)C(=O)O. The molecule has 0 aliphatic heterocycles. The van der Waals surface area contributed by atoms with Crippen LogP contribution in [0.4, 0.5) is 0 Å². The van der Waals surface area contributed by atoms with Crippen LogP contribution in [0.3, 0.4) is 0 Å². The summed E-state index contributed by atoms with van der Waals surface area (Å²) in [6, 6.07) is 0. The Balaban J connectivity index is 4.02. The van der Waals surface area contributed by atoms with Gasteiger partial charge in [0, 0.05) is 0 Å².